The summed E-state index contributed by atoms with van der Waals surface area (Å²) in [6, 6.07) is 0.216. The normalized spacial score (nSPS) is 14.2. The number of hydrogen-bond acceptors (Lipinski definition) is 3. The molecule has 1 N–H and O–H groups in total. The minimum Gasteiger partial charge on any atom is -0.377 e. The molecule has 1 aromatic heterocycles. The zero-order valence-corrected chi connectivity index (χ0v) is 12.0. The molecule has 4 heteroatoms. The molecule has 0 aliphatic carbocycles. The Morgan fingerprint density at radius 1 is 1.53 bits per heavy atom. The Morgan fingerprint density at radius 2 is 2.20 bits per heavy atom. The van der Waals surface area contributed by atoms with Crippen LogP contribution < -0.4 is 5.32 Å². The van der Waals surface area contributed by atoms with Crippen LogP contribution in [0.25, 0.3) is 0 Å². The van der Waals surface area contributed by atoms with Gasteiger partial charge in [-0.05, 0) is 47.3 Å². The maximum absolute atomic E-state index is 5.55. The van der Waals surface area contributed by atoms with E-state index < -0.39 is 0 Å². The van der Waals surface area contributed by atoms with Crippen molar-refractivity contribution in [3.63, 3.8) is 0 Å². The second-order valence-electron chi connectivity index (χ2n) is 3.97. The molecule has 0 aromatic carbocycles. The Morgan fingerprint density at radius 3 is 2.60 bits per heavy atom. The van der Waals surface area contributed by atoms with Gasteiger partial charge in [-0.2, -0.15) is 11.3 Å². The maximum atomic E-state index is 5.55. The van der Waals surface area contributed by atoms with E-state index >= 15 is 0 Å². The lowest BCUT2D eigenvalue weighted by molar-refractivity contribution is -0.0107. The van der Waals surface area contributed by atoms with Crippen LogP contribution in [0.15, 0.2) is 15.2 Å². The van der Waals surface area contributed by atoms with Crippen molar-refractivity contribution >= 4 is 27.3 Å². The maximum Gasteiger partial charge on any atom is 0.0817 e. The van der Waals surface area contributed by atoms with Crippen molar-refractivity contribution in [3.05, 3.63) is 20.8 Å². The molecule has 2 nitrogen and oxygen atoms in total. The van der Waals surface area contributed by atoms with Crippen LogP contribution in [0.3, 0.4) is 0 Å². The molecule has 1 rings (SSSR count). The van der Waals surface area contributed by atoms with E-state index in [9.17, 15) is 0 Å². The average molecular weight is 292 g/mol. The largest absolute Gasteiger partial charge is 0.377 e. The van der Waals surface area contributed by atoms with Gasteiger partial charge in [0.25, 0.3) is 0 Å². The van der Waals surface area contributed by atoms with Crippen molar-refractivity contribution in [1.29, 1.82) is 0 Å². The van der Waals surface area contributed by atoms with Gasteiger partial charge in [-0.15, -0.1) is 0 Å². The summed E-state index contributed by atoms with van der Waals surface area (Å²) >= 11 is 5.28. The van der Waals surface area contributed by atoms with E-state index in [2.05, 4.69) is 52.8 Å². The molecule has 86 valence electrons. The molecule has 0 saturated heterocycles. The van der Waals surface area contributed by atoms with Crippen molar-refractivity contribution in [3.8, 4) is 0 Å². The van der Waals surface area contributed by atoms with Gasteiger partial charge < -0.3 is 10.1 Å². The van der Waals surface area contributed by atoms with Gasteiger partial charge in [0.05, 0.1) is 11.6 Å². The van der Waals surface area contributed by atoms with Crippen LogP contribution >= 0.6 is 27.3 Å². The van der Waals surface area contributed by atoms with E-state index in [-0.39, 0.29) is 11.6 Å². The molecule has 15 heavy (non-hydrogen) atoms. The number of nitrogens with one attached hydrogen (secondary N) is 1. The summed E-state index contributed by atoms with van der Waals surface area (Å²) in [7, 11) is 1.75. The molecule has 0 saturated carbocycles. The lowest BCUT2D eigenvalue weighted by Gasteiger charge is -2.33. The summed E-state index contributed by atoms with van der Waals surface area (Å²) in [5, 5.41) is 7.74. The number of ether oxygens (including phenoxy) is 1. The monoisotopic (exact) mass is 291 g/mol. The van der Waals surface area contributed by atoms with Gasteiger partial charge in [-0.3, -0.25) is 0 Å². The van der Waals surface area contributed by atoms with Crippen molar-refractivity contribution in [2.45, 2.75) is 32.4 Å². The summed E-state index contributed by atoms with van der Waals surface area (Å²) in [6.07, 6.45) is 0. The lowest BCUT2D eigenvalue weighted by Crippen LogP contribution is -2.40. The molecular weight excluding hydrogens is 274 g/mol. The highest BCUT2D eigenvalue weighted by Gasteiger charge is 2.31. The third-order valence-corrected chi connectivity index (χ3v) is 4.33. The van der Waals surface area contributed by atoms with Crippen LogP contribution in [0.5, 0.6) is 0 Å². The molecule has 1 aromatic rings. The minimum absolute atomic E-state index is 0.209. The molecule has 0 amide bonds. The first-order chi connectivity index (χ1) is 7.03. The fourth-order valence-corrected chi connectivity index (χ4v) is 3.10. The van der Waals surface area contributed by atoms with Gasteiger partial charge in [-0.1, -0.05) is 6.92 Å². The van der Waals surface area contributed by atoms with Crippen molar-refractivity contribution in [1.82, 2.24) is 5.32 Å². The molecule has 1 unspecified atom stereocenters. The topological polar surface area (TPSA) is 21.3 Å². The molecule has 0 fully saturated rings. The standard InChI is InChI=1S/C11H18BrNOS/c1-5-13-10(11(2,3)14-4)8-6-15-7-9(8)12/h6-7,10,13H,5H2,1-4H3. The van der Waals surface area contributed by atoms with Gasteiger partial charge >= 0.3 is 0 Å². The fourth-order valence-electron chi connectivity index (χ4n) is 1.55. The molecule has 0 spiro atoms. The molecular formula is C11H18BrNOS. The number of likely N-dealkylation sites (N-methyl/N-ethyl adjacent to an activating group) is 1. The smallest absolute Gasteiger partial charge is 0.0817 e. The Labute approximate surface area is 104 Å². The first-order valence-corrected chi connectivity index (χ1v) is 6.76. The SMILES string of the molecule is CCNC(c1cscc1Br)C(C)(C)OC. The fraction of sp³-hybridized carbons (Fsp3) is 0.636. The van der Waals surface area contributed by atoms with E-state index in [1.54, 1.807) is 18.4 Å². The average Bonchev–Trinajstić information content (AvgIpc) is 2.60. The summed E-state index contributed by atoms with van der Waals surface area (Å²) < 4.78 is 6.71. The van der Waals surface area contributed by atoms with Crippen LogP contribution in [-0.4, -0.2) is 19.3 Å². The molecule has 1 atom stereocenters. The predicted octanol–water partition coefficient (Wildman–Crippen LogP) is 3.59. The second-order valence-corrected chi connectivity index (χ2v) is 5.57. The number of thiophene rings is 1. The second kappa shape index (κ2) is 5.43. The predicted molar refractivity (Wildman–Crippen MR) is 69.5 cm³/mol. The summed E-state index contributed by atoms with van der Waals surface area (Å²) in [6.45, 7) is 7.24. The highest BCUT2D eigenvalue weighted by molar-refractivity contribution is 9.10. The molecule has 1 heterocycles. The number of hydrogen-bond donors (Lipinski definition) is 1. The van der Waals surface area contributed by atoms with Crippen molar-refractivity contribution in [2.75, 3.05) is 13.7 Å². The summed E-state index contributed by atoms with van der Waals surface area (Å²) in [5.41, 5.74) is 1.06. The Kier molecular flexibility index (Phi) is 4.77. The highest BCUT2D eigenvalue weighted by Crippen LogP contribution is 2.35. The highest BCUT2D eigenvalue weighted by atomic mass is 79.9. The van der Waals surface area contributed by atoms with Gasteiger partial charge in [0.1, 0.15) is 0 Å². The summed E-state index contributed by atoms with van der Waals surface area (Å²) in [4.78, 5) is 0. The van der Waals surface area contributed by atoms with Gasteiger partial charge in [0.15, 0.2) is 0 Å². The van der Waals surface area contributed by atoms with Crippen molar-refractivity contribution < 1.29 is 4.74 Å². The number of halogens is 1. The first-order valence-electron chi connectivity index (χ1n) is 5.03. The van der Waals surface area contributed by atoms with E-state index in [4.69, 9.17) is 4.74 Å². The van der Waals surface area contributed by atoms with E-state index in [0.717, 1.165) is 11.0 Å². The van der Waals surface area contributed by atoms with Crippen LogP contribution in [0, 0.1) is 0 Å². The van der Waals surface area contributed by atoms with E-state index in [1.165, 1.54) is 5.56 Å². The zero-order chi connectivity index (χ0) is 11.5. The zero-order valence-electron chi connectivity index (χ0n) is 9.63. The summed E-state index contributed by atoms with van der Waals surface area (Å²) in [5.74, 6) is 0. The first kappa shape index (κ1) is 13.2. The third kappa shape index (κ3) is 3.03. The van der Waals surface area contributed by atoms with Crippen LogP contribution in [0.2, 0.25) is 0 Å². The number of rotatable bonds is 5. The van der Waals surface area contributed by atoms with Crippen LogP contribution in [0.4, 0.5) is 0 Å². The van der Waals surface area contributed by atoms with E-state index in [1.807, 2.05) is 0 Å². The molecule has 0 radical (unpaired) electrons. The molecule has 0 aliphatic rings. The third-order valence-electron chi connectivity index (χ3n) is 2.58. The lowest BCUT2D eigenvalue weighted by atomic mass is 9.93. The Hall–Kier alpha value is 0.1000. The Bertz CT molecular complexity index is 311. The minimum atomic E-state index is -0.209. The molecule has 0 aliphatic heterocycles. The molecule has 0 bridgehead atoms. The number of methoxy groups -OCH3 is 1. The van der Waals surface area contributed by atoms with Crippen molar-refractivity contribution in [2.24, 2.45) is 0 Å². The van der Waals surface area contributed by atoms with Gasteiger partial charge in [0.2, 0.25) is 0 Å². The van der Waals surface area contributed by atoms with Gasteiger partial charge in [-0.25, -0.2) is 0 Å². The quantitative estimate of drug-likeness (QED) is 0.895. The Balaban J connectivity index is 2.98. The van der Waals surface area contributed by atoms with E-state index in [0.29, 0.717) is 0 Å². The van der Waals surface area contributed by atoms with Crippen LogP contribution in [0.1, 0.15) is 32.4 Å². The van der Waals surface area contributed by atoms with Crippen LogP contribution in [-0.2, 0) is 4.74 Å². The van der Waals surface area contributed by atoms with Gasteiger partial charge in [0, 0.05) is 17.0 Å².